The van der Waals surface area contributed by atoms with E-state index >= 15 is 0 Å². The normalized spacial score (nSPS) is 10.9. The zero-order valence-corrected chi connectivity index (χ0v) is 11.8. The molecular weight excluding hydrogens is 250 g/mol. The number of anilines is 2. The van der Waals surface area contributed by atoms with E-state index in [1.165, 1.54) is 5.69 Å². The number of benzene rings is 1. The smallest absolute Gasteiger partial charge is 0.240 e. The van der Waals surface area contributed by atoms with Crippen LogP contribution in [0.5, 0.6) is 0 Å². The van der Waals surface area contributed by atoms with Gasteiger partial charge in [0.05, 0.1) is 0 Å². The number of aromatic nitrogens is 3. The number of nitrogens with two attached hydrogens (primary N) is 1. The maximum absolute atomic E-state index is 5.65. The zero-order valence-electron chi connectivity index (χ0n) is 11.8. The molecule has 0 saturated carbocycles. The van der Waals surface area contributed by atoms with Crippen LogP contribution in [0.2, 0.25) is 0 Å². The summed E-state index contributed by atoms with van der Waals surface area (Å²) < 4.78 is 1.74. The van der Waals surface area contributed by atoms with Crippen LogP contribution in [-0.4, -0.2) is 28.7 Å². The highest BCUT2D eigenvalue weighted by atomic mass is 15.3. The van der Waals surface area contributed by atoms with Gasteiger partial charge < -0.3 is 10.6 Å². The van der Waals surface area contributed by atoms with Crippen LogP contribution < -0.4 is 10.6 Å². The van der Waals surface area contributed by atoms with Crippen molar-refractivity contribution in [1.29, 1.82) is 0 Å². The Morgan fingerprint density at radius 1 is 1.10 bits per heavy atom. The number of nitrogen functional groups attached to an aromatic ring is 1. The summed E-state index contributed by atoms with van der Waals surface area (Å²) in [6, 6.07) is 10.5. The lowest BCUT2D eigenvalue weighted by molar-refractivity contribution is 0.964. The Balaban J connectivity index is 2.09. The molecule has 5 nitrogen and oxygen atoms in total. The highest BCUT2D eigenvalue weighted by Crippen LogP contribution is 2.24. The molecule has 0 fully saturated rings. The lowest BCUT2D eigenvalue weighted by atomic mass is 10.1. The van der Waals surface area contributed by atoms with Crippen LogP contribution >= 0.6 is 0 Å². The monoisotopic (exact) mass is 267 g/mol. The number of nitrogens with zero attached hydrogens (tertiary/aromatic N) is 4. The number of fused-ring (bicyclic) bond motifs is 1. The topological polar surface area (TPSA) is 59.5 Å². The van der Waals surface area contributed by atoms with Gasteiger partial charge in [-0.05, 0) is 36.2 Å². The van der Waals surface area contributed by atoms with Gasteiger partial charge in [0.15, 0.2) is 5.65 Å². The molecule has 1 aromatic carbocycles. The number of aryl methyl sites for hydroxylation is 1. The van der Waals surface area contributed by atoms with Gasteiger partial charge in [-0.25, -0.2) is 4.52 Å². The highest BCUT2D eigenvalue weighted by molar-refractivity contribution is 5.69. The molecule has 0 aliphatic heterocycles. The standard InChI is InChI=1S/C15H17N5/c1-10-8-12(9-20-14(10)17-15(16)18-20)11-4-6-13(7-5-11)19(2)3/h4-9H,1-3H3,(H2,16,18). The molecule has 0 unspecified atom stereocenters. The molecule has 3 rings (SSSR count). The van der Waals surface area contributed by atoms with Crippen LogP contribution in [0, 0.1) is 6.92 Å². The molecule has 3 aromatic rings. The van der Waals surface area contributed by atoms with Crippen molar-refractivity contribution in [2.75, 3.05) is 24.7 Å². The number of pyridine rings is 1. The Kier molecular flexibility index (Phi) is 2.82. The van der Waals surface area contributed by atoms with Gasteiger partial charge in [0.2, 0.25) is 5.95 Å². The van der Waals surface area contributed by atoms with Gasteiger partial charge in [-0.2, -0.15) is 4.98 Å². The predicted molar refractivity (Wildman–Crippen MR) is 81.9 cm³/mol. The van der Waals surface area contributed by atoms with Gasteiger partial charge in [-0.1, -0.05) is 12.1 Å². The van der Waals surface area contributed by atoms with Gasteiger partial charge in [-0.3, -0.25) is 0 Å². The van der Waals surface area contributed by atoms with Crippen LogP contribution in [0.3, 0.4) is 0 Å². The van der Waals surface area contributed by atoms with Gasteiger partial charge in [-0.15, -0.1) is 5.10 Å². The van der Waals surface area contributed by atoms with Crippen molar-refractivity contribution in [1.82, 2.24) is 14.6 Å². The fourth-order valence-corrected chi connectivity index (χ4v) is 2.28. The van der Waals surface area contributed by atoms with E-state index in [1.54, 1.807) is 4.52 Å². The first-order valence-electron chi connectivity index (χ1n) is 6.45. The molecule has 20 heavy (non-hydrogen) atoms. The quantitative estimate of drug-likeness (QED) is 0.774. The summed E-state index contributed by atoms with van der Waals surface area (Å²) in [4.78, 5) is 6.29. The zero-order chi connectivity index (χ0) is 14.3. The minimum Gasteiger partial charge on any atom is -0.378 e. The third kappa shape index (κ3) is 2.07. The Bertz CT molecular complexity index is 756. The fourth-order valence-electron chi connectivity index (χ4n) is 2.28. The van der Waals surface area contributed by atoms with Crippen LogP contribution in [-0.2, 0) is 0 Å². The molecule has 0 radical (unpaired) electrons. The lowest BCUT2D eigenvalue weighted by Gasteiger charge is -2.13. The van der Waals surface area contributed by atoms with Crippen LogP contribution in [0.25, 0.3) is 16.8 Å². The minimum atomic E-state index is 0.299. The van der Waals surface area contributed by atoms with Crippen molar-refractivity contribution in [2.24, 2.45) is 0 Å². The number of hydrogen-bond donors (Lipinski definition) is 1. The predicted octanol–water partition coefficient (Wildman–Crippen LogP) is 2.35. The Morgan fingerprint density at radius 3 is 2.45 bits per heavy atom. The van der Waals surface area contributed by atoms with Crippen molar-refractivity contribution in [3.8, 4) is 11.1 Å². The third-order valence-electron chi connectivity index (χ3n) is 3.35. The van der Waals surface area contributed by atoms with E-state index in [4.69, 9.17) is 5.73 Å². The SMILES string of the molecule is Cc1cc(-c2ccc(N(C)C)cc2)cn2nc(N)nc12. The average Bonchev–Trinajstić information content (AvgIpc) is 2.80. The molecule has 0 bridgehead atoms. The Hall–Kier alpha value is -2.56. The molecule has 102 valence electrons. The lowest BCUT2D eigenvalue weighted by Crippen LogP contribution is -2.07. The molecule has 2 heterocycles. The maximum Gasteiger partial charge on any atom is 0.240 e. The van der Waals surface area contributed by atoms with E-state index in [2.05, 4.69) is 45.3 Å². The minimum absolute atomic E-state index is 0.299. The van der Waals surface area contributed by atoms with Crippen molar-refractivity contribution in [2.45, 2.75) is 6.92 Å². The first kappa shape index (κ1) is 12.5. The highest BCUT2D eigenvalue weighted by Gasteiger charge is 2.07. The first-order valence-corrected chi connectivity index (χ1v) is 6.45. The fraction of sp³-hybridized carbons (Fsp3) is 0.200. The van der Waals surface area contributed by atoms with Crippen LogP contribution in [0.4, 0.5) is 11.6 Å². The summed E-state index contributed by atoms with van der Waals surface area (Å²) >= 11 is 0. The largest absolute Gasteiger partial charge is 0.378 e. The summed E-state index contributed by atoms with van der Waals surface area (Å²) in [7, 11) is 4.06. The van der Waals surface area contributed by atoms with E-state index in [-0.39, 0.29) is 0 Å². The van der Waals surface area contributed by atoms with Crippen LogP contribution in [0.1, 0.15) is 5.56 Å². The second-order valence-electron chi connectivity index (χ2n) is 5.09. The maximum atomic E-state index is 5.65. The van der Waals surface area contributed by atoms with Crippen molar-refractivity contribution < 1.29 is 0 Å². The molecule has 0 amide bonds. The van der Waals surface area contributed by atoms with Crippen molar-refractivity contribution in [3.05, 3.63) is 42.1 Å². The molecule has 0 spiro atoms. The van der Waals surface area contributed by atoms with E-state index in [0.717, 1.165) is 22.3 Å². The molecular formula is C15H17N5. The van der Waals surface area contributed by atoms with E-state index in [9.17, 15) is 0 Å². The summed E-state index contributed by atoms with van der Waals surface area (Å²) in [5, 5.41) is 4.18. The van der Waals surface area contributed by atoms with Gasteiger partial charge in [0.1, 0.15) is 0 Å². The molecule has 2 N–H and O–H groups in total. The first-order chi connectivity index (χ1) is 9.54. The second kappa shape index (κ2) is 4.52. The van der Waals surface area contributed by atoms with E-state index in [0.29, 0.717) is 5.95 Å². The van der Waals surface area contributed by atoms with E-state index < -0.39 is 0 Å². The Labute approximate surface area is 117 Å². The summed E-state index contributed by atoms with van der Waals surface area (Å²) in [6.45, 7) is 2.02. The molecule has 0 aliphatic carbocycles. The third-order valence-corrected chi connectivity index (χ3v) is 3.35. The molecule has 0 aliphatic rings. The Morgan fingerprint density at radius 2 is 1.80 bits per heavy atom. The summed E-state index contributed by atoms with van der Waals surface area (Å²) in [5.74, 6) is 0.299. The van der Waals surface area contributed by atoms with Gasteiger partial charge in [0.25, 0.3) is 0 Å². The molecule has 0 saturated heterocycles. The molecule has 2 aromatic heterocycles. The number of hydrogen-bond acceptors (Lipinski definition) is 4. The van der Waals surface area contributed by atoms with E-state index in [1.807, 2.05) is 27.2 Å². The van der Waals surface area contributed by atoms with Crippen molar-refractivity contribution >= 4 is 17.3 Å². The molecule has 0 atom stereocenters. The average molecular weight is 267 g/mol. The van der Waals surface area contributed by atoms with Crippen LogP contribution in [0.15, 0.2) is 36.5 Å². The van der Waals surface area contributed by atoms with Gasteiger partial charge >= 0.3 is 0 Å². The molecule has 5 heteroatoms. The number of rotatable bonds is 2. The second-order valence-corrected chi connectivity index (χ2v) is 5.09. The summed E-state index contributed by atoms with van der Waals surface area (Å²) in [6.07, 6.45) is 1.95. The van der Waals surface area contributed by atoms with Gasteiger partial charge in [0, 0.05) is 31.5 Å². The summed E-state index contributed by atoms with van der Waals surface area (Å²) in [5.41, 5.74) is 10.9. The van der Waals surface area contributed by atoms with Crippen molar-refractivity contribution in [3.63, 3.8) is 0 Å².